The van der Waals surface area contributed by atoms with Gasteiger partial charge in [0.15, 0.2) is 0 Å². The molecule has 106 valence electrons. The van der Waals surface area contributed by atoms with Crippen LogP contribution in [0, 0.1) is 0 Å². The Kier molecular flexibility index (Phi) is 7.43. The number of methoxy groups -OCH3 is 1. The normalized spacial score (nSPS) is 12.7. The Hall–Kier alpha value is -1.23. The molecule has 0 aliphatic rings. The molecule has 0 radical (unpaired) electrons. The molecular weight excluding hydrogens is 232 g/mol. The number of ether oxygens (including phenoxy) is 2. The molecule has 1 amide bonds. The van der Waals surface area contributed by atoms with Crippen molar-refractivity contribution < 1.29 is 14.3 Å². The van der Waals surface area contributed by atoms with Crippen LogP contribution >= 0.6 is 0 Å². The molecule has 0 aliphatic carbocycles. The lowest BCUT2D eigenvalue weighted by Crippen LogP contribution is -2.40. The number of carbonyl (C=O) groups is 1. The van der Waals surface area contributed by atoms with Gasteiger partial charge in [-0.05, 0) is 46.6 Å². The highest BCUT2D eigenvalue weighted by molar-refractivity contribution is 5.68. The summed E-state index contributed by atoms with van der Waals surface area (Å²) in [7, 11) is 1.54. The van der Waals surface area contributed by atoms with Crippen LogP contribution < -0.4 is 11.1 Å². The molecule has 0 aliphatic heterocycles. The minimum absolute atomic E-state index is 0.239. The number of nitrogens with two attached hydrogens (primary N) is 1. The maximum absolute atomic E-state index is 11.7. The lowest BCUT2D eigenvalue weighted by molar-refractivity contribution is 0.0494. The van der Waals surface area contributed by atoms with E-state index in [1.54, 1.807) is 0 Å². The van der Waals surface area contributed by atoms with Crippen LogP contribution in [0.4, 0.5) is 4.79 Å². The van der Waals surface area contributed by atoms with Crippen LogP contribution in [-0.4, -0.2) is 31.4 Å². The first-order valence-corrected chi connectivity index (χ1v) is 6.22. The Morgan fingerprint density at radius 3 is 2.44 bits per heavy atom. The summed E-state index contributed by atoms with van der Waals surface area (Å²) in [6, 6.07) is -0.239. The molecule has 3 N–H and O–H groups in total. The fraction of sp³-hybridized carbons (Fsp3) is 0.769. The highest BCUT2D eigenvalue weighted by atomic mass is 16.6. The minimum Gasteiger partial charge on any atom is -0.500 e. The first kappa shape index (κ1) is 16.8. The minimum atomic E-state index is -0.514. The smallest absolute Gasteiger partial charge is 0.408 e. The van der Waals surface area contributed by atoms with E-state index in [4.69, 9.17) is 15.2 Å². The Bertz CT molecular complexity index is 272. The summed E-state index contributed by atoms with van der Waals surface area (Å²) in [5.41, 5.74) is 4.93. The summed E-state index contributed by atoms with van der Waals surface area (Å²) in [6.07, 6.45) is 2.09. The molecule has 0 heterocycles. The molecule has 18 heavy (non-hydrogen) atoms. The van der Waals surface area contributed by atoms with Gasteiger partial charge in [0.05, 0.1) is 13.2 Å². The molecule has 0 aromatic heterocycles. The zero-order chi connectivity index (χ0) is 14.2. The van der Waals surface area contributed by atoms with E-state index in [1.165, 1.54) is 7.11 Å². The summed E-state index contributed by atoms with van der Waals surface area (Å²) < 4.78 is 10.3. The summed E-state index contributed by atoms with van der Waals surface area (Å²) in [5, 5.41) is 2.76. The zero-order valence-corrected chi connectivity index (χ0v) is 11.9. The first-order valence-electron chi connectivity index (χ1n) is 6.22. The molecule has 1 atom stereocenters. The second kappa shape index (κ2) is 7.97. The van der Waals surface area contributed by atoms with E-state index in [1.807, 2.05) is 20.8 Å². The number of unbranched alkanes of at least 4 members (excludes halogenated alkanes) is 1. The predicted octanol–water partition coefficient (Wildman–Crippen LogP) is 2.17. The fourth-order valence-corrected chi connectivity index (χ4v) is 1.40. The fourth-order valence-electron chi connectivity index (χ4n) is 1.40. The first-order chi connectivity index (χ1) is 8.30. The Morgan fingerprint density at radius 1 is 1.39 bits per heavy atom. The van der Waals surface area contributed by atoms with Gasteiger partial charge in [-0.25, -0.2) is 4.79 Å². The van der Waals surface area contributed by atoms with E-state index < -0.39 is 11.7 Å². The van der Waals surface area contributed by atoms with Gasteiger partial charge in [-0.2, -0.15) is 0 Å². The number of carbonyl (C=O) groups excluding carboxylic acids is 1. The van der Waals surface area contributed by atoms with Gasteiger partial charge in [0.25, 0.3) is 0 Å². The molecule has 0 spiro atoms. The van der Waals surface area contributed by atoms with E-state index in [-0.39, 0.29) is 6.04 Å². The molecule has 0 rings (SSSR count). The Morgan fingerprint density at radius 2 is 2.00 bits per heavy atom. The zero-order valence-electron chi connectivity index (χ0n) is 11.9. The van der Waals surface area contributed by atoms with E-state index >= 15 is 0 Å². The molecular formula is C13H26N2O3. The van der Waals surface area contributed by atoms with Gasteiger partial charge in [0, 0.05) is 0 Å². The van der Waals surface area contributed by atoms with Gasteiger partial charge < -0.3 is 20.5 Å². The van der Waals surface area contributed by atoms with Crippen molar-refractivity contribution in [3.05, 3.63) is 12.3 Å². The molecule has 0 fully saturated rings. The van der Waals surface area contributed by atoms with Crippen molar-refractivity contribution in [2.75, 3.05) is 13.7 Å². The van der Waals surface area contributed by atoms with Gasteiger partial charge in [-0.1, -0.05) is 6.58 Å². The number of rotatable bonds is 7. The van der Waals surface area contributed by atoms with Crippen LogP contribution in [0.15, 0.2) is 12.3 Å². The van der Waals surface area contributed by atoms with Crippen molar-refractivity contribution in [1.29, 1.82) is 0 Å². The number of nitrogens with one attached hydrogen (secondary N) is 1. The molecule has 0 unspecified atom stereocenters. The van der Waals surface area contributed by atoms with Crippen molar-refractivity contribution in [1.82, 2.24) is 5.32 Å². The number of hydrogen-bond donors (Lipinski definition) is 2. The molecule has 0 bridgehead atoms. The molecule has 0 aromatic carbocycles. The number of amides is 1. The summed E-state index contributed by atoms with van der Waals surface area (Å²) in [4.78, 5) is 11.7. The maximum Gasteiger partial charge on any atom is 0.408 e. The lowest BCUT2D eigenvalue weighted by atomic mass is 10.1. The third-order valence-corrected chi connectivity index (χ3v) is 2.29. The van der Waals surface area contributed by atoms with Crippen LogP contribution in [0.1, 0.15) is 40.0 Å². The molecule has 0 saturated carbocycles. The molecule has 0 aromatic rings. The van der Waals surface area contributed by atoms with Crippen LogP contribution in [0.25, 0.3) is 0 Å². The topological polar surface area (TPSA) is 73.6 Å². The van der Waals surface area contributed by atoms with Crippen molar-refractivity contribution >= 4 is 6.09 Å². The van der Waals surface area contributed by atoms with Crippen LogP contribution in [0.3, 0.4) is 0 Å². The van der Waals surface area contributed by atoms with Crippen LogP contribution in [0.5, 0.6) is 0 Å². The average Bonchev–Trinajstić information content (AvgIpc) is 2.24. The molecule has 5 nitrogen and oxygen atoms in total. The van der Waals surface area contributed by atoms with Gasteiger partial charge in [0.2, 0.25) is 0 Å². The Balaban J connectivity index is 4.31. The SMILES string of the molecule is C=C(OC)[C@H](CCCCN)NC(=O)OC(C)(C)C. The van der Waals surface area contributed by atoms with Crippen LogP contribution in [-0.2, 0) is 9.47 Å². The Labute approximate surface area is 110 Å². The van der Waals surface area contributed by atoms with Crippen molar-refractivity contribution in [2.45, 2.75) is 51.7 Å². The number of hydrogen-bond acceptors (Lipinski definition) is 4. The van der Waals surface area contributed by atoms with E-state index in [0.29, 0.717) is 12.3 Å². The summed E-state index contributed by atoms with van der Waals surface area (Å²) in [6.45, 7) is 9.88. The summed E-state index contributed by atoms with van der Waals surface area (Å²) in [5.74, 6) is 0.526. The number of alkyl carbamates (subject to hydrolysis) is 1. The molecule has 0 saturated heterocycles. The van der Waals surface area contributed by atoms with Gasteiger partial charge in [0.1, 0.15) is 11.4 Å². The van der Waals surface area contributed by atoms with E-state index in [2.05, 4.69) is 11.9 Å². The second-order valence-corrected chi connectivity index (χ2v) is 5.15. The third-order valence-electron chi connectivity index (χ3n) is 2.29. The maximum atomic E-state index is 11.7. The second-order valence-electron chi connectivity index (χ2n) is 5.15. The van der Waals surface area contributed by atoms with E-state index in [0.717, 1.165) is 19.3 Å². The van der Waals surface area contributed by atoms with Crippen LogP contribution in [0.2, 0.25) is 0 Å². The highest BCUT2D eigenvalue weighted by Crippen LogP contribution is 2.12. The lowest BCUT2D eigenvalue weighted by Gasteiger charge is -2.24. The molecule has 5 heteroatoms. The average molecular weight is 258 g/mol. The van der Waals surface area contributed by atoms with Crippen molar-refractivity contribution in [3.8, 4) is 0 Å². The monoisotopic (exact) mass is 258 g/mol. The standard InChI is InChI=1S/C13H26N2O3/c1-10(17-5)11(8-6-7-9-14)15-12(16)18-13(2,3)4/h11H,1,6-9,14H2,2-5H3,(H,15,16)/t11-/m0/s1. The van der Waals surface area contributed by atoms with Gasteiger partial charge in [-0.15, -0.1) is 0 Å². The van der Waals surface area contributed by atoms with Crippen molar-refractivity contribution in [2.24, 2.45) is 5.73 Å². The summed E-state index contributed by atoms with van der Waals surface area (Å²) >= 11 is 0. The van der Waals surface area contributed by atoms with Crippen molar-refractivity contribution in [3.63, 3.8) is 0 Å². The predicted molar refractivity (Wildman–Crippen MR) is 72.2 cm³/mol. The highest BCUT2D eigenvalue weighted by Gasteiger charge is 2.21. The van der Waals surface area contributed by atoms with Gasteiger partial charge in [-0.3, -0.25) is 0 Å². The largest absolute Gasteiger partial charge is 0.500 e. The third kappa shape index (κ3) is 7.95. The van der Waals surface area contributed by atoms with E-state index in [9.17, 15) is 4.79 Å². The quantitative estimate of drug-likeness (QED) is 0.542. The van der Waals surface area contributed by atoms with Gasteiger partial charge >= 0.3 is 6.09 Å².